The Bertz CT molecular complexity index is 794. The average Bonchev–Trinajstić information content (AvgIpc) is 2.52. The van der Waals surface area contributed by atoms with Gasteiger partial charge in [-0.2, -0.15) is 10.5 Å². The summed E-state index contributed by atoms with van der Waals surface area (Å²) in [6.45, 7) is 2.50. The molecule has 0 aliphatic heterocycles. The molecule has 0 saturated carbocycles. The van der Waals surface area contributed by atoms with Gasteiger partial charge >= 0.3 is 0 Å². The van der Waals surface area contributed by atoms with Crippen molar-refractivity contribution in [1.29, 1.82) is 10.5 Å². The summed E-state index contributed by atoms with van der Waals surface area (Å²) in [5.74, 6) is 0.538. The maximum Gasteiger partial charge on any atom is 0.266 e. The first kappa shape index (κ1) is 14.4. The molecule has 0 atom stereocenters. The zero-order valence-electron chi connectivity index (χ0n) is 11.5. The molecule has 0 aliphatic carbocycles. The lowest BCUT2D eigenvalue weighted by Gasteiger charge is -2.11. The first-order valence-electron chi connectivity index (χ1n) is 6.50. The Morgan fingerprint density at radius 3 is 2.62 bits per heavy atom. The van der Waals surface area contributed by atoms with E-state index in [1.54, 1.807) is 24.3 Å². The van der Waals surface area contributed by atoms with Crippen LogP contribution in [-0.4, -0.2) is 11.6 Å². The summed E-state index contributed by atoms with van der Waals surface area (Å²) in [5, 5.41) is 17.8. The van der Waals surface area contributed by atoms with Crippen LogP contribution >= 0.6 is 0 Å². The Labute approximate surface area is 122 Å². The number of ether oxygens (including phenoxy) is 1. The first-order valence-corrected chi connectivity index (χ1v) is 6.50. The van der Waals surface area contributed by atoms with Crippen molar-refractivity contribution in [3.8, 4) is 29.1 Å². The van der Waals surface area contributed by atoms with Gasteiger partial charge < -0.3 is 9.72 Å². The smallest absolute Gasteiger partial charge is 0.266 e. The number of aromatic amines is 1. The number of rotatable bonds is 4. The van der Waals surface area contributed by atoms with Gasteiger partial charge in [-0.25, -0.2) is 0 Å². The minimum atomic E-state index is -0.444. The van der Waals surface area contributed by atoms with Gasteiger partial charge in [-0.05, 0) is 36.8 Å². The highest BCUT2D eigenvalue weighted by molar-refractivity contribution is 5.68. The normalized spacial score (nSPS) is 9.67. The lowest BCUT2D eigenvalue weighted by molar-refractivity contribution is 0.318. The number of hydrogen-bond donors (Lipinski definition) is 1. The molecule has 5 heteroatoms. The summed E-state index contributed by atoms with van der Waals surface area (Å²) < 4.78 is 5.64. The molecule has 0 fully saturated rings. The lowest BCUT2D eigenvalue weighted by atomic mass is 10.1. The highest BCUT2D eigenvalue weighted by atomic mass is 16.5. The summed E-state index contributed by atoms with van der Waals surface area (Å²) in [5.41, 5.74) is 1.34. The molecule has 0 spiro atoms. The van der Waals surface area contributed by atoms with Crippen LogP contribution in [0.5, 0.6) is 5.75 Å². The Balaban J connectivity index is 2.52. The number of benzene rings is 1. The molecule has 2 aromatic rings. The van der Waals surface area contributed by atoms with Crippen LogP contribution < -0.4 is 10.3 Å². The summed E-state index contributed by atoms with van der Waals surface area (Å²) in [6.07, 6.45) is 0.833. The summed E-state index contributed by atoms with van der Waals surface area (Å²) >= 11 is 0. The monoisotopic (exact) mass is 279 g/mol. The molecule has 5 nitrogen and oxygen atoms in total. The van der Waals surface area contributed by atoms with E-state index in [2.05, 4.69) is 11.1 Å². The fraction of sp³-hybridized carbons (Fsp3) is 0.188. The molecule has 1 aromatic carbocycles. The van der Waals surface area contributed by atoms with E-state index < -0.39 is 5.56 Å². The van der Waals surface area contributed by atoms with Gasteiger partial charge in [0, 0.05) is 5.56 Å². The highest BCUT2D eigenvalue weighted by Crippen LogP contribution is 2.29. The molecule has 0 radical (unpaired) electrons. The van der Waals surface area contributed by atoms with Crippen LogP contribution in [0.2, 0.25) is 0 Å². The van der Waals surface area contributed by atoms with Gasteiger partial charge in [-0.15, -0.1) is 0 Å². The van der Waals surface area contributed by atoms with Gasteiger partial charge in [0.25, 0.3) is 5.56 Å². The van der Waals surface area contributed by atoms with Crippen molar-refractivity contribution in [1.82, 2.24) is 4.98 Å². The molecule has 0 amide bonds. The van der Waals surface area contributed by atoms with E-state index in [1.165, 1.54) is 6.07 Å². The van der Waals surface area contributed by atoms with Crippen molar-refractivity contribution in [3.05, 3.63) is 51.8 Å². The molecule has 0 aliphatic rings. The van der Waals surface area contributed by atoms with Gasteiger partial charge in [0.2, 0.25) is 0 Å². The standard InChI is InChI=1S/C16H13N3O2/c1-2-7-21-15-8-11(9-17)3-5-13(15)14-6-4-12(10-18)16(20)19-14/h3-6,8H,2,7H2,1H3,(H,19,20). The third-order valence-corrected chi connectivity index (χ3v) is 2.89. The van der Waals surface area contributed by atoms with E-state index in [1.807, 2.05) is 13.0 Å². The van der Waals surface area contributed by atoms with Crippen LogP contribution in [0.15, 0.2) is 35.1 Å². The fourth-order valence-electron chi connectivity index (χ4n) is 1.86. The number of nitrogens with zero attached hydrogens (tertiary/aromatic N) is 2. The second kappa shape index (κ2) is 6.40. The number of pyridine rings is 1. The van der Waals surface area contributed by atoms with E-state index in [0.717, 1.165) is 6.42 Å². The highest BCUT2D eigenvalue weighted by Gasteiger charge is 2.10. The van der Waals surface area contributed by atoms with E-state index in [-0.39, 0.29) is 5.56 Å². The van der Waals surface area contributed by atoms with Crippen LogP contribution in [0.1, 0.15) is 24.5 Å². The Morgan fingerprint density at radius 1 is 1.19 bits per heavy atom. The topological polar surface area (TPSA) is 89.7 Å². The third-order valence-electron chi connectivity index (χ3n) is 2.89. The molecule has 0 unspecified atom stereocenters. The third kappa shape index (κ3) is 3.10. The molecular weight excluding hydrogens is 266 g/mol. The van der Waals surface area contributed by atoms with Crippen molar-refractivity contribution >= 4 is 0 Å². The Hall–Kier alpha value is -3.05. The molecule has 2 rings (SSSR count). The van der Waals surface area contributed by atoms with Gasteiger partial charge in [-0.3, -0.25) is 4.79 Å². The van der Waals surface area contributed by atoms with E-state index in [4.69, 9.17) is 15.3 Å². The molecule has 21 heavy (non-hydrogen) atoms. The predicted octanol–water partition coefficient (Wildman–Crippen LogP) is 2.57. The number of nitrogens with one attached hydrogen (secondary N) is 1. The van der Waals surface area contributed by atoms with E-state index >= 15 is 0 Å². The van der Waals surface area contributed by atoms with E-state index in [0.29, 0.717) is 29.2 Å². The minimum Gasteiger partial charge on any atom is -0.493 e. The average molecular weight is 279 g/mol. The number of hydrogen-bond acceptors (Lipinski definition) is 4. The van der Waals surface area contributed by atoms with Crippen LogP contribution in [0.3, 0.4) is 0 Å². The zero-order chi connectivity index (χ0) is 15.2. The fourth-order valence-corrected chi connectivity index (χ4v) is 1.86. The molecule has 1 N–H and O–H groups in total. The molecule has 1 aromatic heterocycles. The van der Waals surface area contributed by atoms with Crippen molar-refractivity contribution in [2.24, 2.45) is 0 Å². The second-order valence-electron chi connectivity index (χ2n) is 4.40. The Kier molecular flexibility index (Phi) is 4.38. The molecular formula is C16H13N3O2. The summed E-state index contributed by atoms with van der Waals surface area (Å²) in [4.78, 5) is 14.4. The van der Waals surface area contributed by atoms with Gasteiger partial charge in [0.05, 0.1) is 23.9 Å². The maximum absolute atomic E-state index is 11.7. The second-order valence-corrected chi connectivity index (χ2v) is 4.40. The van der Waals surface area contributed by atoms with Gasteiger partial charge in [0.1, 0.15) is 17.4 Å². The molecule has 0 bridgehead atoms. The van der Waals surface area contributed by atoms with Gasteiger partial charge in [-0.1, -0.05) is 6.92 Å². The van der Waals surface area contributed by atoms with Gasteiger partial charge in [0.15, 0.2) is 0 Å². The Morgan fingerprint density at radius 2 is 2.00 bits per heavy atom. The van der Waals surface area contributed by atoms with Crippen LogP contribution in [-0.2, 0) is 0 Å². The molecule has 104 valence electrons. The van der Waals surface area contributed by atoms with Crippen molar-refractivity contribution in [3.63, 3.8) is 0 Å². The molecule has 0 saturated heterocycles. The SMILES string of the molecule is CCCOc1cc(C#N)ccc1-c1ccc(C#N)c(=O)[nH]1. The van der Waals surface area contributed by atoms with Crippen molar-refractivity contribution < 1.29 is 4.74 Å². The number of aromatic nitrogens is 1. The summed E-state index contributed by atoms with van der Waals surface area (Å²) in [7, 11) is 0. The maximum atomic E-state index is 11.7. The quantitative estimate of drug-likeness (QED) is 0.931. The zero-order valence-corrected chi connectivity index (χ0v) is 11.5. The van der Waals surface area contributed by atoms with Crippen molar-refractivity contribution in [2.75, 3.05) is 6.61 Å². The van der Waals surface area contributed by atoms with Crippen LogP contribution in [0.25, 0.3) is 11.3 Å². The van der Waals surface area contributed by atoms with E-state index in [9.17, 15) is 4.79 Å². The lowest BCUT2D eigenvalue weighted by Crippen LogP contribution is -2.10. The minimum absolute atomic E-state index is 0.0587. The first-order chi connectivity index (χ1) is 10.2. The van der Waals surface area contributed by atoms with Crippen LogP contribution in [0, 0.1) is 22.7 Å². The summed E-state index contributed by atoms with van der Waals surface area (Å²) in [6, 6.07) is 12.0. The van der Waals surface area contributed by atoms with Crippen molar-refractivity contribution in [2.45, 2.75) is 13.3 Å². The molecule has 1 heterocycles. The number of H-pyrrole nitrogens is 1. The van der Waals surface area contributed by atoms with Crippen LogP contribution in [0.4, 0.5) is 0 Å². The number of nitriles is 2. The predicted molar refractivity (Wildman–Crippen MR) is 77.7 cm³/mol. The largest absolute Gasteiger partial charge is 0.493 e.